The maximum atomic E-state index is 11.7. The lowest BCUT2D eigenvalue weighted by molar-refractivity contribution is -0.120. The summed E-state index contributed by atoms with van der Waals surface area (Å²) < 4.78 is 33.4. The Labute approximate surface area is 159 Å². The van der Waals surface area contributed by atoms with Crippen molar-refractivity contribution in [1.82, 2.24) is 15.5 Å². The number of carbonyl (C=O) groups is 2. The van der Waals surface area contributed by atoms with E-state index in [1.807, 2.05) is 0 Å². The molecule has 0 radical (unpaired) electrons. The molecule has 0 unspecified atom stereocenters. The molecule has 9 nitrogen and oxygen atoms in total. The second kappa shape index (κ2) is 11.5. The van der Waals surface area contributed by atoms with Gasteiger partial charge in [0.05, 0.1) is 24.7 Å². The predicted octanol–water partition coefficient (Wildman–Crippen LogP) is 0.263. The second-order valence-corrected chi connectivity index (χ2v) is 8.00. The molecule has 0 aliphatic carbocycles. The summed E-state index contributed by atoms with van der Waals surface area (Å²) in [5, 5.41) is 4.73. The van der Waals surface area contributed by atoms with Crippen LogP contribution in [0.4, 0.5) is 4.79 Å². The van der Waals surface area contributed by atoms with Crippen LogP contribution in [0.1, 0.15) is 6.42 Å². The fraction of sp³-hybridized carbons (Fsp3) is 0.529. The number of ether oxygens (including phenoxy) is 2. The molecular weight excluding hydrogens is 374 g/mol. The molecule has 27 heavy (non-hydrogen) atoms. The maximum absolute atomic E-state index is 11.7. The molecule has 0 heterocycles. The number of nitrogens with one attached hydrogen (secondary N) is 2. The van der Waals surface area contributed by atoms with Crippen LogP contribution in [0.2, 0.25) is 0 Å². The molecule has 1 aromatic carbocycles. The second-order valence-electron chi connectivity index (χ2n) is 5.98. The van der Waals surface area contributed by atoms with Crippen molar-refractivity contribution in [2.24, 2.45) is 0 Å². The first kappa shape index (κ1) is 22.9. The zero-order valence-electron chi connectivity index (χ0n) is 15.9. The van der Waals surface area contributed by atoms with Crippen molar-refractivity contribution in [3.8, 4) is 5.75 Å². The lowest BCUT2D eigenvalue weighted by Gasteiger charge is -2.16. The number of carbonyl (C=O) groups excluding carboxylic acids is 2. The smallest absolute Gasteiger partial charge is 0.321 e. The standard InChI is InChI=1S/C17H27N3O6S/c1-20(13-16(21)19-17(22)18-8-11-25-2)9-5-10-26-14-6-4-7-15(12-14)27(3,23)24/h4,6-7,12H,5,8-11,13H2,1-3H3,(H2,18,19,21,22). The molecule has 0 aliphatic rings. The minimum atomic E-state index is -3.27. The molecule has 0 bridgehead atoms. The van der Waals surface area contributed by atoms with Crippen LogP contribution in [-0.4, -0.2) is 78.5 Å². The van der Waals surface area contributed by atoms with Gasteiger partial charge in [0.2, 0.25) is 5.91 Å². The van der Waals surface area contributed by atoms with E-state index in [0.29, 0.717) is 38.5 Å². The third-order valence-corrected chi connectivity index (χ3v) is 4.56. The van der Waals surface area contributed by atoms with Crippen molar-refractivity contribution in [3.05, 3.63) is 24.3 Å². The molecule has 0 saturated carbocycles. The quantitative estimate of drug-likeness (QED) is 0.511. The SMILES string of the molecule is COCCNC(=O)NC(=O)CN(C)CCCOc1cccc(S(C)(=O)=O)c1. The Hall–Kier alpha value is -2.17. The number of hydrogen-bond donors (Lipinski definition) is 2. The number of sulfone groups is 1. The third kappa shape index (κ3) is 9.92. The van der Waals surface area contributed by atoms with Crippen LogP contribution in [0.5, 0.6) is 5.75 Å². The molecule has 1 rings (SSSR count). The van der Waals surface area contributed by atoms with Gasteiger partial charge < -0.3 is 14.8 Å². The summed E-state index contributed by atoms with van der Waals surface area (Å²) in [5.41, 5.74) is 0. The van der Waals surface area contributed by atoms with E-state index in [1.54, 1.807) is 24.1 Å². The van der Waals surface area contributed by atoms with Crippen molar-refractivity contribution < 1.29 is 27.5 Å². The molecule has 3 amide bonds. The van der Waals surface area contributed by atoms with Gasteiger partial charge in [-0.15, -0.1) is 0 Å². The first-order chi connectivity index (χ1) is 12.7. The molecule has 0 fully saturated rings. The number of nitrogens with zero attached hydrogens (tertiary/aromatic N) is 1. The Bertz CT molecular complexity index is 723. The van der Waals surface area contributed by atoms with E-state index in [0.717, 1.165) is 6.26 Å². The number of urea groups is 1. The van der Waals surface area contributed by atoms with Gasteiger partial charge in [-0.3, -0.25) is 15.0 Å². The van der Waals surface area contributed by atoms with E-state index in [-0.39, 0.29) is 11.4 Å². The van der Waals surface area contributed by atoms with Crippen molar-refractivity contribution >= 4 is 21.8 Å². The Balaban J connectivity index is 2.26. The highest BCUT2D eigenvalue weighted by Crippen LogP contribution is 2.17. The van der Waals surface area contributed by atoms with Crippen LogP contribution in [-0.2, 0) is 19.4 Å². The van der Waals surface area contributed by atoms with Crippen molar-refractivity contribution in [3.63, 3.8) is 0 Å². The largest absolute Gasteiger partial charge is 0.494 e. The Morgan fingerprint density at radius 2 is 1.96 bits per heavy atom. The van der Waals surface area contributed by atoms with E-state index < -0.39 is 21.8 Å². The number of likely N-dealkylation sites (N-methyl/N-ethyl adjacent to an activating group) is 1. The van der Waals surface area contributed by atoms with Crippen LogP contribution in [0, 0.1) is 0 Å². The minimum Gasteiger partial charge on any atom is -0.494 e. The van der Waals surface area contributed by atoms with Crippen molar-refractivity contribution in [1.29, 1.82) is 0 Å². The number of amides is 3. The monoisotopic (exact) mass is 401 g/mol. The van der Waals surface area contributed by atoms with Crippen LogP contribution in [0.3, 0.4) is 0 Å². The highest BCUT2D eigenvalue weighted by molar-refractivity contribution is 7.90. The summed E-state index contributed by atoms with van der Waals surface area (Å²) in [6.07, 6.45) is 1.77. The van der Waals surface area contributed by atoms with Gasteiger partial charge in [-0.1, -0.05) is 6.07 Å². The molecule has 152 valence electrons. The first-order valence-electron chi connectivity index (χ1n) is 8.40. The summed E-state index contributed by atoms with van der Waals surface area (Å²) in [6, 6.07) is 5.75. The van der Waals surface area contributed by atoms with Crippen LogP contribution in [0.15, 0.2) is 29.2 Å². The van der Waals surface area contributed by atoms with Gasteiger partial charge in [-0.25, -0.2) is 13.2 Å². The maximum Gasteiger partial charge on any atom is 0.321 e. The van der Waals surface area contributed by atoms with Gasteiger partial charge in [0, 0.05) is 26.5 Å². The van der Waals surface area contributed by atoms with Crippen molar-refractivity contribution in [2.75, 3.05) is 53.3 Å². The van der Waals surface area contributed by atoms with Crippen molar-refractivity contribution in [2.45, 2.75) is 11.3 Å². The lowest BCUT2D eigenvalue weighted by atomic mass is 10.3. The van der Waals surface area contributed by atoms with Gasteiger partial charge in [0.15, 0.2) is 9.84 Å². The zero-order valence-corrected chi connectivity index (χ0v) is 16.7. The molecule has 0 atom stereocenters. The van der Waals surface area contributed by atoms with Gasteiger partial charge in [-0.2, -0.15) is 0 Å². The van der Waals surface area contributed by atoms with Gasteiger partial charge in [-0.05, 0) is 31.7 Å². The minimum absolute atomic E-state index is 0.0707. The fourth-order valence-electron chi connectivity index (χ4n) is 2.12. The Morgan fingerprint density at radius 1 is 1.22 bits per heavy atom. The van der Waals surface area contributed by atoms with E-state index in [4.69, 9.17) is 9.47 Å². The van der Waals surface area contributed by atoms with Crippen LogP contribution in [0.25, 0.3) is 0 Å². The molecule has 2 N–H and O–H groups in total. The van der Waals surface area contributed by atoms with E-state index in [9.17, 15) is 18.0 Å². The third-order valence-electron chi connectivity index (χ3n) is 3.44. The van der Waals surface area contributed by atoms with Gasteiger partial charge in [0.1, 0.15) is 5.75 Å². The fourth-order valence-corrected chi connectivity index (χ4v) is 2.78. The lowest BCUT2D eigenvalue weighted by Crippen LogP contribution is -2.44. The summed E-state index contributed by atoms with van der Waals surface area (Å²) >= 11 is 0. The van der Waals surface area contributed by atoms with E-state index in [1.165, 1.54) is 19.2 Å². The number of methoxy groups -OCH3 is 1. The molecular formula is C17H27N3O6S. The average molecular weight is 401 g/mol. The average Bonchev–Trinajstić information content (AvgIpc) is 2.58. The Morgan fingerprint density at radius 3 is 2.63 bits per heavy atom. The Kier molecular flexibility index (Phi) is 9.76. The number of rotatable bonds is 11. The summed E-state index contributed by atoms with van der Waals surface area (Å²) in [6.45, 7) is 1.71. The van der Waals surface area contributed by atoms with E-state index in [2.05, 4.69) is 10.6 Å². The highest BCUT2D eigenvalue weighted by Gasteiger charge is 2.10. The summed E-state index contributed by atoms with van der Waals surface area (Å²) in [4.78, 5) is 25.2. The summed E-state index contributed by atoms with van der Waals surface area (Å²) in [7, 11) is 0.00356. The molecule has 0 aromatic heterocycles. The zero-order chi connectivity index (χ0) is 20.3. The van der Waals surface area contributed by atoms with Crippen LogP contribution < -0.4 is 15.4 Å². The number of hydrogen-bond acceptors (Lipinski definition) is 7. The topological polar surface area (TPSA) is 114 Å². The van der Waals surface area contributed by atoms with E-state index >= 15 is 0 Å². The normalized spacial score (nSPS) is 11.3. The highest BCUT2D eigenvalue weighted by atomic mass is 32.2. The first-order valence-corrected chi connectivity index (χ1v) is 10.3. The summed E-state index contributed by atoms with van der Waals surface area (Å²) in [5.74, 6) is 0.0697. The van der Waals surface area contributed by atoms with Gasteiger partial charge >= 0.3 is 6.03 Å². The molecule has 0 spiro atoms. The molecule has 0 aliphatic heterocycles. The molecule has 1 aromatic rings. The predicted molar refractivity (Wildman–Crippen MR) is 101 cm³/mol. The molecule has 10 heteroatoms. The molecule has 0 saturated heterocycles. The number of imide groups is 1. The van der Waals surface area contributed by atoms with Crippen LogP contribution >= 0.6 is 0 Å². The number of benzene rings is 1. The van der Waals surface area contributed by atoms with Gasteiger partial charge in [0.25, 0.3) is 0 Å².